The standard InChI is InChI=1S/C55H72N12O9/c1-5-23-65(24-6-2)53(73)39-27-37-15-16-38(29-45(37)63-46(56)30-39)51(71)62-43-28-40-33-66(26-21-44(40)60-32-43)55(75)76-34-36-13-17-41(18-14-36)59-31-42(11-10-22-58-54(57)74)61-52(72)50(35(3)4)64-47(68)12-8-7-9-25-67-48(69)19-20-49(67)70/h13-20,27-29,32,35,42,50,59H,5-12,21-26,30-31,33-34H2,1-4H3,(H2,56,63)(H,61,72)(H,62,71)(H,64,68)(H3,57,58,74). The van der Waals surface area contributed by atoms with Crippen molar-refractivity contribution in [3.05, 3.63) is 100 Å². The second-order valence-corrected chi connectivity index (χ2v) is 19.5. The number of amides is 9. The molecule has 0 radical (unpaired) electrons. The molecule has 9 N–H and O–H groups in total. The fourth-order valence-electron chi connectivity index (χ4n) is 9.02. The van der Waals surface area contributed by atoms with Crippen molar-refractivity contribution in [2.75, 3.05) is 49.9 Å². The first-order chi connectivity index (χ1) is 36.5. The number of ether oxygens (including phenoxy) is 1. The maximum Gasteiger partial charge on any atom is 0.410 e. The first-order valence-corrected chi connectivity index (χ1v) is 26.2. The Hall–Kier alpha value is -8.10. The number of carbonyl (C=O) groups excluding carboxylic acids is 8. The Morgan fingerprint density at radius 2 is 1.62 bits per heavy atom. The van der Waals surface area contributed by atoms with Gasteiger partial charge >= 0.3 is 12.1 Å². The number of pyridine rings is 1. The molecule has 76 heavy (non-hydrogen) atoms. The average Bonchev–Trinajstić information content (AvgIpc) is 3.61. The molecule has 0 fully saturated rings. The number of hydrogen-bond donors (Lipinski definition) is 7. The van der Waals surface area contributed by atoms with Crippen LogP contribution >= 0.6 is 0 Å². The Balaban J connectivity index is 0.973. The fraction of sp³-hybridized carbons (Fsp3) is 0.455. The van der Waals surface area contributed by atoms with Crippen LogP contribution in [0.2, 0.25) is 0 Å². The lowest BCUT2D eigenvalue weighted by atomic mass is 10.0. The first kappa shape index (κ1) is 57.2. The molecule has 4 heterocycles. The Morgan fingerprint density at radius 3 is 2.32 bits per heavy atom. The molecule has 2 unspecified atom stereocenters. The largest absolute Gasteiger partial charge is 0.445 e. The predicted octanol–water partition coefficient (Wildman–Crippen LogP) is 5.42. The van der Waals surface area contributed by atoms with Crippen molar-refractivity contribution in [1.29, 1.82) is 0 Å². The minimum Gasteiger partial charge on any atom is -0.445 e. The zero-order valence-corrected chi connectivity index (χ0v) is 44.0. The topological polar surface area (TPSA) is 293 Å². The maximum absolute atomic E-state index is 13.6. The second kappa shape index (κ2) is 28.0. The molecular weight excluding hydrogens is 973 g/mol. The molecule has 0 aliphatic carbocycles. The maximum atomic E-state index is 13.6. The monoisotopic (exact) mass is 1040 g/mol. The summed E-state index contributed by atoms with van der Waals surface area (Å²) >= 11 is 0. The van der Waals surface area contributed by atoms with Gasteiger partial charge in [0, 0.05) is 105 Å². The van der Waals surface area contributed by atoms with Crippen LogP contribution in [0.15, 0.2) is 77.4 Å². The number of nitrogens with zero attached hydrogens (tertiary/aromatic N) is 5. The van der Waals surface area contributed by atoms with Crippen LogP contribution < -0.4 is 38.1 Å². The lowest BCUT2D eigenvalue weighted by Crippen LogP contribution is -2.53. The van der Waals surface area contributed by atoms with E-state index in [1.54, 1.807) is 41.4 Å². The first-order valence-electron chi connectivity index (χ1n) is 26.2. The zero-order chi connectivity index (χ0) is 54.7. The van der Waals surface area contributed by atoms with E-state index in [4.69, 9.17) is 16.2 Å². The van der Waals surface area contributed by atoms with E-state index in [1.165, 1.54) is 17.1 Å². The number of aromatic nitrogens is 1. The van der Waals surface area contributed by atoms with E-state index < -0.39 is 24.2 Å². The molecule has 0 saturated heterocycles. The van der Waals surface area contributed by atoms with Gasteiger partial charge in [0.25, 0.3) is 17.7 Å². The highest BCUT2D eigenvalue weighted by Crippen LogP contribution is 2.30. The highest BCUT2D eigenvalue weighted by atomic mass is 16.6. The third-order valence-corrected chi connectivity index (χ3v) is 13.1. The van der Waals surface area contributed by atoms with E-state index >= 15 is 0 Å². The van der Waals surface area contributed by atoms with Crippen molar-refractivity contribution in [3.8, 4) is 0 Å². The molecule has 21 nitrogen and oxygen atoms in total. The molecule has 6 rings (SSSR count). The zero-order valence-electron chi connectivity index (χ0n) is 44.0. The van der Waals surface area contributed by atoms with Crippen molar-refractivity contribution < 1.29 is 43.1 Å². The number of anilines is 2. The average molecular weight is 1050 g/mol. The van der Waals surface area contributed by atoms with Gasteiger partial charge in [-0.3, -0.25) is 38.7 Å². The van der Waals surface area contributed by atoms with Crippen LogP contribution in [0.25, 0.3) is 6.08 Å². The van der Waals surface area contributed by atoms with E-state index in [0.717, 1.165) is 35.3 Å². The molecule has 3 aliphatic rings. The molecule has 1 aromatic heterocycles. The molecule has 0 spiro atoms. The summed E-state index contributed by atoms with van der Waals surface area (Å²) in [5, 5.41) is 14.8. The second-order valence-electron chi connectivity index (χ2n) is 19.5. The molecule has 0 saturated carbocycles. The summed E-state index contributed by atoms with van der Waals surface area (Å²) in [5.41, 5.74) is 17.1. The van der Waals surface area contributed by atoms with Crippen LogP contribution in [0.3, 0.4) is 0 Å². The van der Waals surface area contributed by atoms with Crippen molar-refractivity contribution >= 4 is 76.5 Å². The summed E-state index contributed by atoms with van der Waals surface area (Å²) in [4.78, 5) is 115. The Bertz CT molecular complexity index is 2680. The number of rotatable bonds is 26. The van der Waals surface area contributed by atoms with Gasteiger partial charge in [-0.25, -0.2) is 14.6 Å². The number of urea groups is 1. The molecular formula is C55H72N12O9. The van der Waals surface area contributed by atoms with Gasteiger partial charge in [-0.1, -0.05) is 52.3 Å². The van der Waals surface area contributed by atoms with E-state index in [0.29, 0.717) is 99.3 Å². The molecule has 0 bridgehead atoms. The predicted molar refractivity (Wildman–Crippen MR) is 289 cm³/mol. The summed E-state index contributed by atoms with van der Waals surface area (Å²) < 4.78 is 5.72. The van der Waals surface area contributed by atoms with E-state index in [9.17, 15) is 38.4 Å². The molecule has 2 aromatic carbocycles. The lowest BCUT2D eigenvalue weighted by molar-refractivity contribution is -0.137. The number of primary amides is 1. The minimum absolute atomic E-state index is 0.0169. The van der Waals surface area contributed by atoms with Gasteiger partial charge in [-0.15, -0.1) is 0 Å². The highest BCUT2D eigenvalue weighted by molar-refractivity contribution is 6.13. The van der Waals surface area contributed by atoms with Gasteiger partial charge in [-0.05, 0) is 92.0 Å². The molecule has 9 amide bonds. The number of unbranched alkanes of at least 4 members (excludes halogenated alkanes) is 2. The van der Waals surface area contributed by atoms with E-state index in [1.807, 2.05) is 56.9 Å². The van der Waals surface area contributed by atoms with Crippen molar-refractivity contribution in [2.45, 2.75) is 117 Å². The molecule has 3 aliphatic heterocycles. The number of fused-ring (bicyclic) bond motifs is 2. The minimum atomic E-state index is -0.803. The normalized spacial score (nSPS) is 14.6. The number of hydrogen-bond acceptors (Lipinski definition) is 13. The number of benzene rings is 2. The summed E-state index contributed by atoms with van der Waals surface area (Å²) in [5.74, 6) is -1.70. The van der Waals surface area contributed by atoms with Crippen LogP contribution in [-0.2, 0) is 48.3 Å². The molecule has 3 aromatic rings. The number of nitrogens with one attached hydrogen (secondary N) is 5. The van der Waals surface area contributed by atoms with Crippen LogP contribution in [0, 0.1) is 5.92 Å². The SMILES string of the molecule is CCCN(CCC)C(=O)C1=Cc2ccc(C(=O)Nc3cnc4c(c3)CN(C(=O)OCc3ccc(NCC(CCCNC(N)=O)NC(=O)C(NC(=O)CCCCCN5C(=O)C=CC5=O)C(C)C)cc3)CC4)cc2N=C(N)C1. The third-order valence-electron chi connectivity index (χ3n) is 13.1. The Kier molecular flexibility index (Phi) is 21.1. The Morgan fingerprint density at radius 1 is 0.882 bits per heavy atom. The van der Waals surface area contributed by atoms with Crippen LogP contribution in [0.1, 0.15) is 118 Å². The van der Waals surface area contributed by atoms with Gasteiger partial charge < -0.3 is 52.6 Å². The smallest absolute Gasteiger partial charge is 0.410 e. The fourth-order valence-corrected chi connectivity index (χ4v) is 9.02. The van der Waals surface area contributed by atoms with Crippen LogP contribution in [0.5, 0.6) is 0 Å². The quantitative estimate of drug-likeness (QED) is 0.0392. The summed E-state index contributed by atoms with van der Waals surface area (Å²) in [6.45, 7) is 10.6. The highest BCUT2D eigenvalue weighted by Gasteiger charge is 2.28. The van der Waals surface area contributed by atoms with E-state index in [-0.39, 0.29) is 79.7 Å². The molecule has 406 valence electrons. The van der Waals surface area contributed by atoms with Gasteiger partial charge in [0.2, 0.25) is 17.7 Å². The number of amidine groups is 1. The Labute approximate surface area is 443 Å². The summed E-state index contributed by atoms with van der Waals surface area (Å²) in [6, 6.07) is 12.4. The van der Waals surface area contributed by atoms with Gasteiger partial charge in [-0.2, -0.15) is 0 Å². The van der Waals surface area contributed by atoms with Crippen molar-refractivity contribution in [3.63, 3.8) is 0 Å². The summed E-state index contributed by atoms with van der Waals surface area (Å²) in [7, 11) is 0. The van der Waals surface area contributed by atoms with Crippen molar-refractivity contribution in [1.82, 2.24) is 35.6 Å². The van der Waals surface area contributed by atoms with E-state index in [2.05, 4.69) is 36.6 Å². The number of aliphatic imine (C=N–C) groups is 1. The molecule has 21 heteroatoms. The molecule has 2 atom stereocenters. The third kappa shape index (κ3) is 16.7. The number of nitrogens with two attached hydrogens (primary N) is 2. The number of carbonyl (C=O) groups is 8. The number of imide groups is 1. The lowest BCUT2D eigenvalue weighted by Gasteiger charge is -2.28. The van der Waals surface area contributed by atoms with Gasteiger partial charge in [0.1, 0.15) is 18.5 Å². The van der Waals surface area contributed by atoms with Gasteiger partial charge in [0.05, 0.1) is 24.1 Å². The summed E-state index contributed by atoms with van der Waals surface area (Å²) in [6.07, 6.45) is 10.7. The van der Waals surface area contributed by atoms with Crippen LogP contribution in [0.4, 0.5) is 26.7 Å². The van der Waals surface area contributed by atoms with Crippen molar-refractivity contribution in [2.24, 2.45) is 22.4 Å². The van der Waals surface area contributed by atoms with Crippen LogP contribution in [-0.4, -0.2) is 124 Å². The van der Waals surface area contributed by atoms with Gasteiger partial charge in [0.15, 0.2) is 0 Å².